The van der Waals surface area contributed by atoms with Crippen LogP contribution in [0.5, 0.6) is 0 Å². The Morgan fingerprint density at radius 1 is 1.22 bits per heavy atom. The average molecular weight is 254 g/mol. The standard InChI is InChI=1S/C14H26N2O2/c1-15(10-11-16-8-2-3-9-16)14(18)12-4-6-13(17)7-5-12/h12-13,17H,2-11H2,1H3. The number of nitrogens with zero attached hydrogens (tertiary/aromatic N) is 2. The third-order valence-electron chi connectivity index (χ3n) is 4.37. The van der Waals surface area contributed by atoms with Gasteiger partial charge in [0.1, 0.15) is 0 Å². The van der Waals surface area contributed by atoms with Crippen molar-refractivity contribution in [3.8, 4) is 0 Å². The summed E-state index contributed by atoms with van der Waals surface area (Å²) >= 11 is 0. The smallest absolute Gasteiger partial charge is 0.225 e. The molecule has 1 amide bonds. The van der Waals surface area contributed by atoms with Gasteiger partial charge in [0.15, 0.2) is 0 Å². The molecule has 0 aromatic heterocycles. The predicted molar refractivity (Wildman–Crippen MR) is 71.3 cm³/mol. The summed E-state index contributed by atoms with van der Waals surface area (Å²) in [4.78, 5) is 16.6. The maximum atomic E-state index is 12.2. The van der Waals surface area contributed by atoms with Crippen LogP contribution in [-0.2, 0) is 4.79 Å². The fourth-order valence-electron chi connectivity index (χ4n) is 3.04. The van der Waals surface area contributed by atoms with E-state index in [9.17, 15) is 9.90 Å². The molecular formula is C14H26N2O2. The molecule has 104 valence electrons. The molecule has 2 rings (SSSR count). The van der Waals surface area contributed by atoms with Crippen LogP contribution < -0.4 is 0 Å². The zero-order valence-electron chi connectivity index (χ0n) is 11.5. The average Bonchev–Trinajstić information content (AvgIpc) is 2.89. The number of aliphatic hydroxyl groups excluding tert-OH is 1. The van der Waals surface area contributed by atoms with Gasteiger partial charge in [0.2, 0.25) is 5.91 Å². The molecule has 0 unspecified atom stereocenters. The molecule has 1 saturated heterocycles. The van der Waals surface area contributed by atoms with Crippen LogP contribution in [0.15, 0.2) is 0 Å². The number of amides is 1. The topological polar surface area (TPSA) is 43.8 Å². The van der Waals surface area contributed by atoms with Crippen LogP contribution in [0.3, 0.4) is 0 Å². The van der Waals surface area contributed by atoms with E-state index in [2.05, 4.69) is 4.90 Å². The predicted octanol–water partition coefficient (Wildman–Crippen LogP) is 1.09. The Morgan fingerprint density at radius 2 is 1.83 bits per heavy atom. The fourth-order valence-corrected chi connectivity index (χ4v) is 3.04. The summed E-state index contributed by atoms with van der Waals surface area (Å²) in [6.45, 7) is 4.24. The SMILES string of the molecule is CN(CCN1CCCC1)C(=O)C1CCC(O)CC1. The molecule has 0 atom stereocenters. The van der Waals surface area contributed by atoms with Crippen LogP contribution in [0.25, 0.3) is 0 Å². The van der Waals surface area contributed by atoms with Crippen molar-refractivity contribution in [1.29, 1.82) is 0 Å². The van der Waals surface area contributed by atoms with Crippen molar-refractivity contribution in [2.45, 2.75) is 44.6 Å². The highest BCUT2D eigenvalue weighted by Crippen LogP contribution is 2.25. The molecule has 0 aromatic rings. The number of hydrogen-bond acceptors (Lipinski definition) is 3. The van der Waals surface area contributed by atoms with E-state index >= 15 is 0 Å². The van der Waals surface area contributed by atoms with Gasteiger partial charge in [-0.3, -0.25) is 4.79 Å². The molecular weight excluding hydrogens is 228 g/mol. The van der Waals surface area contributed by atoms with Crippen LogP contribution in [0.1, 0.15) is 38.5 Å². The minimum absolute atomic E-state index is 0.150. The molecule has 1 aliphatic carbocycles. The lowest BCUT2D eigenvalue weighted by Crippen LogP contribution is -2.39. The molecule has 4 nitrogen and oxygen atoms in total. The van der Waals surface area contributed by atoms with Gasteiger partial charge in [0.05, 0.1) is 6.10 Å². The molecule has 1 aliphatic heterocycles. The van der Waals surface area contributed by atoms with Crippen molar-refractivity contribution in [3.05, 3.63) is 0 Å². The van der Waals surface area contributed by atoms with Crippen molar-refractivity contribution >= 4 is 5.91 Å². The van der Waals surface area contributed by atoms with Crippen molar-refractivity contribution < 1.29 is 9.90 Å². The molecule has 0 radical (unpaired) electrons. The first-order valence-electron chi connectivity index (χ1n) is 7.32. The van der Waals surface area contributed by atoms with Gasteiger partial charge in [-0.1, -0.05) is 0 Å². The van der Waals surface area contributed by atoms with E-state index in [4.69, 9.17) is 0 Å². The number of rotatable bonds is 4. The second-order valence-corrected chi connectivity index (χ2v) is 5.81. The fraction of sp³-hybridized carbons (Fsp3) is 0.929. The Kier molecular flexibility index (Phi) is 5.01. The summed E-state index contributed by atoms with van der Waals surface area (Å²) in [6, 6.07) is 0. The lowest BCUT2D eigenvalue weighted by Gasteiger charge is -2.29. The van der Waals surface area contributed by atoms with Crippen LogP contribution in [0.4, 0.5) is 0 Å². The zero-order chi connectivity index (χ0) is 13.0. The molecule has 1 saturated carbocycles. The third-order valence-corrected chi connectivity index (χ3v) is 4.37. The van der Waals surface area contributed by atoms with Gasteiger partial charge < -0.3 is 14.9 Å². The molecule has 18 heavy (non-hydrogen) atoms. The molecule has 0 aromatic carbocycles. The monoisotopic (exact) mass is 254 g/mol. The lowest BCUT2D eigenvalue weighted by atomic mass is 9.86. The maximum Gasteiger partial charge on any atom is 0.225 e. The highest BCUT2D eigenvalue weighted by atomic mass is 16.3. The molecule has 2 fully saturated rings. The van der Waals surface area contributed by atoms with E-state index in [1.807, 2.05) is 11.9 Å². The van der Waals surface area contributed by atoms with Crippen molar-refractivity contribution in [2.24, 2.45) is 5.92 Å². The van der Waals surface area contributed by atoms with Crippen LogP contribution in [-0.4, -0.2) is 60.1 Å². The van der Waals surface area contributed by atoms with Gasteiger partial charge in [0.25, 0.3) is 0 Å². The van der Waals surface area contributed by atoms with Gasteiger partial charge in [-0.15, -0.1) is 0 Å². The highest BCUT2D eigenvalue weighted by Gasteiger charge is 2.27. The molecule has 1 N–H and O–H groups in total. The quantitative estimate of drug-likeness (QED) is 0.817. The number of carbonyl (C=O) groups is 1. The summed E-state index contributed by atoms with van der Waals surface area (Å²) in [5, 5.41) is 9.46. The number of hydrogen-bond donors (Lipinski definition) is 1. The minimum atomic E-state index is -0.177. The number of carbonyl (C=O) groups excluding carboxylic acids is 1. The first-order valence-corrected chi connectivity index (χ1v) is 7.32. The maximum absolute atomic E-state index is 12.2. The van der Waals surface area contributed by atoms with Crippen molar-refractivity contribution in [2.75, 3.05) is 33.2 Å². The summed E-state index contributed by atoms with van der Waals surface area (Å²) in [5.74, 6) is 0.429. The Hall–Kier alpha value is -0.610. The van der Waals surface area contributed by atoms with Gasteiger partial charge >= 0.3 is 0 Å². The Balaban J connectivity index is 1.70. The summed E-state index contributed by atoms with van der Waals surface area (Å²) in [7, 11) is 1.92. The first kappa shape index (κ1) is 13.8. The molecule has 0 bridgehead atoms. The number of likely N-dealkylation sites (N-methyl/N-ethyl adjacent to an activating group) is 1. The molecule has 2 aliphatic rings. The molecule has 0 spiro atoms. The van der Waals surface area contributed by atoms with E-state index in [1.54, 1.807) is 0 Å². The molecule has 4 heteroatoms. The normalized spacial score (nSPS) is 29.4. The van der Waals surface area contributed by atoms with Crippen LogP contribution >= 0.6 is 0 Å². The first-order chi connectivity index (χ1) is 8.66. The Labute approximate surface area is 110 Å². The molecule has 1 heterocycles. The summed E-state index contributed by atoms with van der Waals surface area (Å²) in [6.07, 6.45) is 5.72. The zero-order valence-corrected chi connectivity index (χ0v) is 11.5. The van der Waals surface area contributed by atoms with E-state index in [0.717, 1.165) is 38.8 Å². The summed E-state index contributed by atoms with van der Waals surface area (Å²) in [5.41, 5.74) is 0. The lowest BCUT2D eigenvalue weighted by molar-refractivity contribution is -0.136. The Morgan fingerprint density at radius 3 is 2.44 bits per heavy atom. The summed E-state index contributed by atoms with van der Waals surface area (Å²) < 4.78 is 0. The second kappa shape index (κ2) is 6.53. The number of aliphatic hydroxyl groups is 1. The van der Waals surface area contributed by atoms with E-state index in [0.29, 0.717) is 0 Å². The van der Waals surface area contributed by atoms with Crippen molar-refractivity contribution in [1.82, 2.24) is 9.80 Å². The van der Waals surface area contributed by atoms with Gasteiger partial charge in [-0.2, -0.15) is 0 Å². The number of likely N-dealkylation sites (tertiary alicyclic amines) is 1. The van der Waals surface area contributed by atoms with Crippen LogP contribution in [0.2, 0.25) is 0 Å². The van der Waals surface area contributed by atoms with E-state index in [-0.39, 0.29) is 17.9 Å². The minimum Gasteiger partial charge on any atom is -0.393 e. The largest absolute Gasteiger partial charge is 0.393 e. The third kappa shape index (κ3) is 3.69. The Bertz CT molecular complexity index is 269. The van der Waals surface area contributed by atoms with Crippen molar-refractivity contribution in [3.63, 3.8) is 0 Å². The van der Waals surface area contributed by atoms with E-state index < -0.39 is 0 Å². The van der Waals surface area contributed by atoms with Gasteiger partial charge in [-0.25, -0.2) is 0 Å². The second-order valence-electron chi connectivity index (χ2n) is 5.81. The van der Waals surface area contributed by atoms with Gasteiger partial charge in [-0.05, 0) is 51.6 Å². The van der Waals surface area contributed by atoms with E-state index in [1.165, 1.54) is 25.9 Å². The highest BCUT2D eigenvalue weighted by molar-refractivity contribution is 5.78. The van der Waals surface area contributed by atoms with Crippen LogP contribution in [0, 0.1) is 5.92 Å². The van der Waals surface area contributed by atoms with Gasteiger partial charge in [0, 0.05) is 26.1 Å².